The summed E-state index contributed by atoms with van der Waals surface area (Å²) in [6, 6.07) is 6.09. The van der Waals surface area contributed by atoms with E-state index in [0.717, 1.165) is 0 Å². The maximum Gasteiger partial charge on any atom is 0.266 e. The number of hydrogen-bond acceptors (Lipinski definition) is 9. The van der Waals surface area contributed by atoms with Crippen LogP contribution in [0.5, 0.6) is 0 Å². The molecule has 11 heteroatoms. The third kappa shape index (κ3) is 3.57. The van der Waals surface area contributed by atoms with Crippen LogP contribution in [-0.2, 0) is 14.8 Å². The highest BCUT2D eigenvalue weighted by Crippen LogP contribution is 2.22. The summed E-state index contributed by atoms with van der Waals surface area (Å²) in [4.78, 5) is 11.1. The molecular formula is C13H17NO9S. The molecule has 0 spiro atoms. The second-order valence-electron chi connectivity index (χ2n) is 5.15. The van der Waals surface area contributed by atoms with Gasteiger partial charge in [-0.05, 0) is 12.1 Å². The predicted octanol–water partition coefficient (Wildman–Crippen LogP) is -3.10. The summed E-state index contributed by atoms with van der Waals surface area (Å²) in [6.07, 6.45) is -6.75. The zero-order valence-electron chi connectivity index (χ0n) is 12.2. The summed E-state index contributed by atoms with van der Waals surface area (Å²) < 4.78 is 28.7. The second-order valence-corrected chi connectivity index (χ2v) is 6.80. The number of benzene rings is 1. The first-order valence-corrected chi connectivity index (χ1v) is 8.32. The third-order valence-corrected chi connectivity index (χ3v) is 4.88. The van der Waals surface area contributed by atoms with Gasteiger partial charge >= 0.3 is 0 Å². The minimum atomic E-state index is -3.55. The fourth-order valence-electron chi connectivity index (χ4n) is 2.23. The van der Waals surface area contributed by atoms with Gasteiger partial charge in [0.2, 0.25) is 0 Å². The number of sulfonamides is 1. The topological polar surface area (TPSA) is 174 Å². The van der Waals surface area contributed by atoms with Gasteiger partial charge in [0, 0.05) is 0 Å². The van der Waals surface area contributed by atoms with E-state index in [2.05, 4.69) is 4.74 Å². The van der Waals surface area contributed by atoms with E-state index in [4.69, 9.17) is 25.5 Å². The van der Waals surface area contributed by atoms with Gasteiger partial charge in [0.15, 0.2) is 6.29 Å². The van der Waals surface area contributed by atoms with Gasteiger partial charge < -0.3 is 30.3 Å². The lowest BCUT2D eigenvalue weighted by atomic mass is 10.1. The standard InChI is InChI=1S/C7H5NO3S.C6H12O6/c9-7-5-3-1-2-4-6(5)12(10,11)8-7;7-1-2(8)5-3(9)4(10)6(11)12-5/h1-4H,(H,8,9);2-11H,1H2. The van der Waals surface area contributed by atoms with Crippen LogP contribution in [0.1, 0.15) is 10.4 Å². The van der Waals surface area contributed by atoms with Gasteiger partial charge in [-0.3, -0.25) is 4.79 Å². The number of ether oxygens (including phenoxy) is 1. The number of hydrogen-bond donors (Lipinski definition) is 6. The molecule has 1 aromatic carbocycles. The van der Waals surface area contributed by atoms with Gasteiger partial charge in [0.1, 0.15) is 29.3 Å². The first kappa shape index (κ1) is 18.7. The number of amides is 1. The number of fused-ring (bicyclic) bond motifs is 1. The number of aliphatic hydroxyl groups excluding tert-OH is 5. The van der Waals surface area contributed by atoms with Gasteiger partial charge in [0.05, 0.1) is 12.2 Å². The van der Waals surface area contributed by atoms with Crippen molar-refractivity contribution in [1.29, 1.82) is 0 Å². The molecule has 0 bridgehead atoms. The Morgan fingerprint density at radius 3 is 2.29 bits per heavy atom. The Balaban J connectivity index is 0.000000174. The summed E-state index contributed by atoms with van der Waals surface area (Å²) >= 11 is 0. The van der Waals surface area contributed by atoms with Crippen LogP contribution >= 0.6 is 0 Å². The Labute approximate surface area is 137 Å². The smallest absolute Gasteiger partial charge is 0.266 e. The van der Waals surface area contributed by atoms with Crippen LogP contribution in [0.25, 0.3) is 0 Å². The number of nitrogens with one attached hydrogen (secondary N) is 1. The quantitative estimate of drug-likeness (QED) is 0.318. The Kier molecular flexibility index (Phi) is 5.55. The van der Waals surface area contributed by atoms with E-state index in [0.29, 0.717) is 0 Å². The second kappa shape index (κ2) is 7.11. The average Bonchev–Trinajstić information content (AvgIpc) is 2.95. The largest absolute Gasteiger partial charge is 0.394 e. The maximum absolute atomic E-state index is 11.1. The lowest BCUT2D eigenvalue weighted by Crippen LogP contribution is -2.40. The molecule has 2 heterocycles. The van der Waals surface area contributed by atoms with Crippen molar-refractivity contribution < 1.29 is 43.5 Å². The highest BCUT2D eigenvalue weighted by molar-refractivity contribution is 7.90. The normalized spacial score (nSPS) is 31.6. The minimum Gasteiger partial charge on any atom is -0.394 e. The van der Waals surface area contributed by atoms with Crippen LogP contribution in [0, 0.1) is 0 Å². The lowest BCUT2D eigenvalue weighted by Gasteiger charge is -2.18. The summed E-state index contributed by atoms with van der Waals surface area (Å²) in [6.45, 7) is -0.596. The first-order chi connectivity index (χ1) is 11.2. The van der Waals surface area contributed by atoms with E-state index in [9.17, 15) is 13.2 Å². The highest BCUT2D eigenvalue weighted by Gasteiger charge is 2.44. The Bertz CT molecular complexity index is 707. The minimum absolute atomic E-state index is 0.0648. The number of carbonyl (C=O) groups excluding carboxylic acids is 1. The molecule has 0 radical (unpaired) electrons. The van der Waals surface area contributed by atoms with E-state index >= 15 is 0 Å². The third-order valence-electron chi connectivity index (χ3n) is 3.49. The molecule has 1 saturated heterocycles. The zero-order chi connectivity index (χ0) is 18.1. The van der Waals surface area contributed by atoms with Gasteiger partial charge in [-0.1, -0.05) is 12.1 Å². The fourth-order valence-corrected chi connectivity index (χ4v) is 3.40. The molecule has 0 aromatic heterocycles. The van der Waals surface area contributed by atoms with Gasteiger partial charge in [-0.25, -0.2) is 13.1 Å². The van der Waals surface area contributed by atoms with Gasteiger partial charge in [-0.15, -0.1) is 0 Å². The van der Waals surface area contributed by atoms with Gasteiger partial charge in [0.25, 0.3) is 15.9 Å². The monoisotopic (exact) mass is 363 g/mol. The van der Waals surface area contributed by atoms with E-state index < -0.39 is 53.2 Å². The molecule has 5 atom stereocenters. The number of rotatable bonds is 2. The summed E-state index contributed by atoms with van der Waals surface area (Å²) in [5.74, 6) is -0.550. The molecule has 0 aliphatic carbocycles. The highest BCUT2D eigenvalue weighted by atomic mass is 32.2. The van der Waals surface area contributed by atoms with Crippen molar-refractivity contribution in [2.75, 3.05) is 6.61 Å². The number of carbonyl (C=O) groups is 1. The molecule has 10 nitrogen and oxygen atoms in total. The Morgan fingerprint density at radius 2 is 1.79 bits per heavy atom. The molecule has 24 heavy (non-hydrogen) atoms. The molecule has 0 saturated carbocycles. The molecule has 6 N–H and O–H groups in total. The van der Waals surface area contributed by atoms with Crippen molar-refractivity contribution >= 4 is 15.9 Å². The lowest BCUT2D eigenvalue weighted by molar-refractivity contribution is -0.150. The average molecular weight is 363 g/mol. The van der Waals surface area contributed by atoms with Crippen LogP contribution in [0.15, 0.2) is 29.2 Å². The van der Waals surface area contributed by atoms with Crippen LogP contribution < -0.4 is 4.72 Å². The summed E-state index contributed by atoms with van der Waals surface area (Å²) in [7, 11) is -3.55. The molecule has 3 rings (SSSR count). The molecule has 2 aliphatic rings. The van der Waals surface area contributed by atoms with Crippen molar-refractivity contribution in [3.05, 3.63) is 29.8 Å². The van der Waals surface area contributed by atoms with Crippen LogP contribution in [0.4, 0.5) is 0 Å². The van der Waals surface area contributed by atoms with E-state index in [-0.39, 0.29) is 10.5 Å². The predicted molar refractivity (Wildman–Crippen MR) is 77.1 cm³/mol. The van der Waals surface area contributed by atoms with Crippen LogP contribution in [0.2, 0.25) is 0 Å². The van der Waals surface area contributed by atoms with Crippen LogP contribution in [0.3, 0.4) is 0 Å². The Morgan fingerprint density at radius 1 is 1.17 bits per heavy atom. The van der Waals surface area contributed by atoms with Crippen LogP contribution in [-0.4, -0.2) is 77.2 Å². The number of aliphatic hydroxyl groups is 5. The molecule has 5 unspecified atom stereocenters. The molecular weight excluding hydrogens is 346 g/mol. The van der Waals surface area contributed by atoms with E-state index in [1.807, 2.05) is 4.72 Å². The molecule has 134 valence electrons. The first-order valence-electron chi connectivity index (χ1n) is 6.84. The maximum atomic E-state index is 11.1. The SMILES string of the molecule is O=C1NS(=O)(=O)c2ccccc21.OCC(O)C1OC(O)C(O)C1O. The van der Waals surface area contributed by atoms with E-state index in [1.165, 1.54) is 12.1 Å². The van der Waals surface area contributed by atoms with Gasteiger partial charge in [-0.2, -0.15) is 0 Å². The van der Waals surface area contributed by atoms with Crippen molar-refractivity contribution in [3.63, 3.8) is 0 Å². The fraction of sp³-hybridized carbons (Fsp3) is 0.462. The van der Waals surface area contributed by atoms with Crippen molar-refractivity contribution in [2.45, 2.75) is 35.6 Å². The zero-order valence-corrected chi connectivity index (χ0v) is 13.0. The molecule has 1 amide bonds. The molecule has 1 aromatic rings. The Hall–Kier alpha value is -1.60. The summed E-state index contributed by atoms with van der Waals surface area (Å²) in [5, 5.41) is 44.4. The van der Waals surface area contributed by atoms with E-state index in [1.54, 1.807) is 12.1 Å². The van der Waals surface area contributed by atoms with Crippen molar-refractivity contribution in [1.82, 2.24) is 4.72 Å². The van der Waals surface area contributed by atoms with Crippen molar-refractivity contribution in [3.8, 4) is 0 Å². The van der Waals surface area contributed by atoms with Crippen molar-refractivity contribution in [2.24, 2.45) is 0 Å². The summed E-state index contributed by atoms with van der Waals surface area (Å²) in [5.41, 5.74) is 0.220. The molecule has 1 fully saturated rings. The molecule has 2 aliphatic heterocycles.